The van der Waals surface area contributed by atoms with E-state index in [-0.39, 0.29) is 23.5 Å². The summed E-state index contributed by atoms with van der Waals surface area (Å²) in [5.74, 6) is -0.976. The summed E-state index contributed by atoms with van der Waals surface area (Å²) in [7, 11) is 1.46. The summed E-state index contributed by atoms with van der Waals surface area (Å²) in [6, 6.07) is 9.15. The van der Waals surface area contributed by atoms with Gasteiger partial charge < -0.3 is 19.1 Å². The molecule has 2 aliphatic rings. The zero-order valence-corrected chi connectivity index (χ0v) is 18.9. The van der Waals surface area contributed by atoms with Crippen LogP contribution in [0.2, 0.25) is 0 Å². The highest BCUT2D eigenvalue weighted by Gasteiger charge is 2.40. The minimum atomic E-state index is -0.734. The standard InChI is InChI=1S/C26H26FN3O4/c1-33-23-10-18(4-5-20(23)27)30-22-9-17-12-28-29-21(17)11-19(22)24(15-7-16(8-15)26(31)32)25(30)14-3-2-6-34-13-14/h4-5,9-12,14-16H,2-3,6-8,13H2,1H3,(H,28,29)(H,31,32)/t14?,15-,16-. The Labute approximate surface area is 195 Å². The highest BCUT2D eigenvalue weighted by atomic mass is 19.1. The number of fused-ring (bicyclic) bond motifs is 2. The quantitative estimate of drug-likeness (QED) is 0.429. The van der Waals surface area contributed by atoms with E-state index in [1.54, 1.807) is 18.3 Å². The number of aromatic amines is 1. The van der Waals surface area contributed by atoms with Gasteiger partial charge in [-0.2, -0.15) is 5.10 Å². The first-order valence-corrected chi connectivity index (χ1v) is 11.7. The Hall–Kier alpha value is -3.39. The van der Waals surface area contributed by atoms with E-state index in [1.165, 1.54) is 18.7 Å². The molecule has 1 aliphatic carbocycles. The van der Waals surface area contributed by atoms with Gasteiger partial charge in [-0.1, -0.05) is 0 Å². The summed E-state index contributed by atoms with van der Waals surface area (Å²) in [6.07, 6.45) is 4.97. The Kier molecular flexibility index (Phi) is 5.06. The molecule has 2 aromatic carbocycles. The first-order valence-electron chi connectivity index (χ1n) is 11.7. The van der Waals surface area contributed by atoms with Crippen LogP contribution in [0, 0.1) is 11.7 Å². The number of methoxy groups -OCH3 is 1. The van der Waals surface area contributed by atoms with E-state index in [1.807, 2.05) is 0 Å². The number of carboxylic acids is 1. The van der Waals surface area contributed by atoms with Crippen LogP contribution in [0.5, 0.6) is 5.75 Å². The molecule has 3 heterocycles. The number of hydrogen-bond acceptors (Lipinski definition) is 4. The van der Waals surface area contributed by atoms with Crippen LogP contribution in [0.25, 0.3) is 27.5 Å². The lowest BCUT2D eigenvalue weighted by Crippen LogP contribution is -2.30. The number of nitrogens with zero attached hydrogens (tertiary/aromatic N) is 2. The number of hydrogen-bond donors (Lipinski definition) is 2. The Bertz CT molecular complexity index is 1400. The molecule has 0 bridgehead atoms. The molecule has 2 fully saturated rings. The van der Waals surface area contributed by atoms with Gasteiger partial charge in [0.15, 0.2) is 11.6 Å². The molecule has 7 nitrogen and oxygen atoms in total. The smallest absolute Gasteiger partial charge is 0.306 e. The van der Waals surface area contributed by atoms with E-state index >= 15 is 0 Å². The number of carbonyl (C=O) groups is 1. The second kappa shape index (κ2) is 8.13. The largest absolute Gasteiger partial charge is 0.494 e. The lowest BCUT2D eigenvalue weighted by Gasteiger charge is -2.35. The molecule has 34 heavy (non-hydrogen) atoms. The van der Waals surface area contributed by atoms with Gasteiger partial charge in [-0.25, -0.2) is 4.39 Å². The summed E-state index contributed by atoms with van der Waals surface area (Å²) >= 11 is 0. The number of H-pyrrole nitrogens is 1. The van der Waals surface area contributed by atoms with Gasteiger partial charge in [-0.3, -0.25) is 9.89 Å². The van der Waals surface area contributed by atoms with Crippen molar-refractivity contribution in [1.82, 2.24) is 14.8 Å². The summed E-state index contributed by atoms with van der Waals surface area (Å²) in [5, 5.41) is 18.8. The molecule has 1 aliphatic heterocycles. The van der Waals surface area contributed by atoms with Crippen LogP contribution in [0.15, 0.2) is 36.5 Å². The van der Waals surface area contributed by atoms with E-state index in [0.29, 0.717) is 19.4 Å². The number of carboxylic acid groups (broad SMARTS) is 1. The number of benzene rings is 2. The van der Waals surface area contributed by atoms with Gasteiger partial charge in [0.2, 0.25) is 0 Å². The Balaban J connectivity index is 1.64. The van der Waals surface area contributed by atoms with Crippen LogP contribution < -0.4 is 4.74 Å². The molecular weight excluding hydrogens is 437 g/mol. The summed E-state index contributed by atoms with van der Waals surface area (Å²) in [4.78, 5) is 11.6. The molecule has 2 N–H and O–H groups in total. The maximum atomic E-state index is 14.3. The molecule has 2 aromatic heterocycles. The number of rotatable bonds is 5. The van der Waals surface area contributed by atoms with Crippen molar-refractivity contribution in [3.8, 4) is 11.4 Å². The van der Waals surface area contributed by atoms with Crippen molar-refractivity contribution < 1.29 is 23.8 Å². The maximum Gasteiger partial charge on any atom is 0.306 e. The van der Waals surface area contributed by atoms with Crippen LogP contribution >= 0.6 is 0 Å². The summed E-state index contributed by atoms with van der Waals surface area (Å²) < 4.78 is 27.7. The third kappa shape index (κ3) is 3.27. The molecule has 0 spiro atoms. The van der Waals surface area contributed by atoms with Gasteiger partial charge in [0.25, 0.3) is 0 Å². The third-order valence-corrected chi connectivity index (χ3v) is 7.44. The van der Waals surface area contributed by atoms with E-state index in [4.69, 9.17) is 9.47 Å². The fourth-order valence-electron chi connectivity index (χ4n) is 5.68. The number of aromatic nitrogens is 3. The number of aliphatic carboxylic acids is 1. The zero-order valence-electron chi connectivity index (χ0n) is 18.9. The molecule has 0 radical (unpaired) electrons. The first kappa shape index (κ1) is 21.2. The second-order valence-corrected chi connectivity index (χ2v) is 9.40. The Morgan fingerprint density at radius 1 is 1.26 bits per heavy atom. The van der Waals surface area contributed by atoms with Crippen LogP contribution in [-0.4, -0.2) is 46.2 Å². The van der Waals surface area contributed by atoms with Crippen molar-refractivity contribution in [2.24, 2.45) is 5.92 Å². The lowest BCUT2D eigenvalue weighted by atomic mass is 9.69. The minimum absolute atomic E-state index is 0.143. The van der Waals surface area contributed by atoms with E-state index < -0.39 is 11.8 Å². The highest BCUT2D eigenvalue weighted by Crippen LogP contribution is 2.50. The van der Waals surface area contributed by atoms with Crippen molar-refractivity contribution in [2.45, 2.75) is 37.5 Å². The van der Waals surface area contributed by atoms with Crippen molar-refractivity contribution >= 4 is 27.8 Å². The van der Waals surface area contributed by atoms with Crippen molar-refractivity contribution in [2.75, 3.05) is 20.3 Å². The van der Waals surface area contributed by atoms with Crippen LogP contribution in [-0.2, 0) is 9.53 Å². The molecule has 6 rings (SSSR count). The third-order valence-electron chi connectivity index (χ3n) is 7.44. The topological polar surface area (TPSA) is 89.4 Å². The molecule has 1 unspecified atom stereocenters. The van der Waals surface area contributed by atoms with Gasteiger partial charge in [0, 0.05) is 40.7 Å². The second-order valence-electron chi connectivity index (χ2n) is 9.40. The number of halogens is 1. The predicted octanol–water partition coefficient (Wildman–Crippen LogP) is 5.13. The lowest BCUT2D eigenvalue weighted by molar-refractivity contribution is -0.145. The first-order chi connectivity index (χ1) is 16.5. The van der Waals surface area contributed by atoms with Gasteiger partial charge in [0.05, 0.1) is 36.9 Å². The monoisotopic (exact) mass is 463 g/mol. The van der Waals surface area contributed by atoms with Gasteiger partial charge >= 0.3 is 5.97 Å². The SMILES string of the molecule is COc1cc(-n2c(C3CCCOC3)c([C@H]3C[C@H](C(=O)O)C3)c3cc4[nH]ncc4cc32)ccc1F. The molecule has 1 saturated carbocycles. The molecule has 4 aromatic rings. The average Bonchev–Trinajstić information content (AvgIpc) is 3.39. The van der Waals surface area contributed by atoms with Crippen LogP contribution in [0.4, 0.5) is 4.39 Å². The molecule has 8 heteroatoms. The minimum Gasteiger partial charge on any atom is -0.494 e. The normalized spacial score (nSPS) is 22.7. The van der Waals surface area contributed by atoms with E-state index in [9.17, 15) is 14.3 Å². The van der Waals surface area contributed by atoms with Crippen LogP contribution in [0.1, 0.15) is 48.8 Å². The maximum absolute atomic E-state index is 14.3. The van der Waals surface area contributed by atoms with E-state index in [2.05, 4.69) is 26.9 Å². The molecule has 1 saturated heterocycles. The predicted molar refractivity (Wildman–Crippen MR) is 125 cm³/mol. The van der Waals surface area contributed by atoms with Crippen molar-refractivity contribution in [3.63, 3.8) is 0 Å². The number of nitrogens with one attached hydrogen (secondary N) is 1. The Morgan fingerprint density at radius 2 is 2.12 bits per heavy atom. The zero-order chi connectivity index (χ0) is 23.4. The highest BCUT2D eigenvalue weighted by molar-refractivity contribution is 5.99. The van der Waals surface area contributed by atoms with Gasteiger partial charge in [-0.15, -0.1) is 0 Å². The van der Waals surface area contributed by atoms with Gasteiger partial charge in [0.1, 0.15) is 0 Å². The molecular formula is C26H26FN3O4. The van der Waals surface area contributed by atoms with Crippen molar-refractivity contribution in [1.29, 1.82) is 0 Å². The Morgan fingerprint density at radius 3 is 2.85 bits per heavy atom. The molecule has 0 amide bonds. The summed E-state index contributed by atoms with van der Waals surface area (Å²) in [6.45, 7) is 1.35. The fraction of sp³-hybridized carbons (Fsp3) is 0.385. The van der Waals surface area contributed by atoms with Crippen LogP contribution in [0.3, 0.4) is 0 Å². The fourth-order valence-corrected chi connectivity index (χ4v) is 5.68. The summed E-state index contributed by atoms with van der Waals surface area (Å²) in [5.41, 5.74) is 5.06. The number of ether oxygens (including phenoxy) is 2. The van der Waals surface area contributed by atoms with Crippen molar-refractivity contribution in [3.05, 3.63) is 53.6 Å². The van der Waals surface area contributed by atoms with E-state index in [0.717, 1.165) is 52.6 Å². The van der Waals surface area contributed by atoms with Gasteiger partial charge in [-0.05, 0) is 61.4 Å². The molecule has 176 valence electrons. The average molecular weight is 464 g/mol. The molecule has 1 atom stereocenters.